The quantitative estimate of drug-likeness (QED) is 0.909. The van der Waals surface area contributed by atoms with Gasteiger partial charge in [-0.25, -0.2) is 0 Å². The summed E-state index contributed by atoms with van der Waals surface area (Å²) in [5.41, 5.74) is 9.47. The Morgan fingerprint density at radius 2 is 1.78 bits per heavy atom. The lowest BCUT2D eigenvalue weighted by molar-refractivity contribution is -0.123. The number of benzene rings is 2. The van der Waals surface area contributed by atoms with Crippen LogP contribution in [0.1, 0.15) is 47.9 Å². The van der Waals surface area contributed by atoms with Crippen molar-refractivity contribution in [3.8, 4) is 0 Å². The van der Waals surface area contributed by atoms with E-state index >= 15 is 0 Å². The fourth-order valence-corrected chi connectivity index (χ4v) is 3.43. The highest BCUT2D eigenvalue weighted by atomic mass is 16.2. The normalized spacial score (nSPS) is 21.8. The molecule has 0 aromatic heterocycles. The fraction of sp³-hybridized carbons (Fsp3) is 0.350. The van der Waals surface area contributed by atoms with E-state index in [0.29, 0.717) is 5.92 Å². The predicted molar refractivity (Wildman–Crippen MR) is 93.1 cm³/mol. The molecule has 0 spiro atoms. The van der Waals surface area contributed by atoms with E-state index in [1.54, 1.807) is 0 Å². The van der Waals surface area contributed by atoms with E-state index < -0.39 is 6.04 Å². The molecule has 1 aliphatic carbocycles. The van der Waals surface area contributed by atoms with Gasteiger partial charge in [0.1, 0.15) is 6.04 Å². The van der Waals surface area contributed by atoms with E-state index in [2.05, 4.69) is 29.6 Å². The molecule has 0 aliphatic heterocycles. The Kier molecular flexibility index (Phi) is 4.77. The zero-order valence-electron chi connectivity index (χ0n) is 13.5. The number of aryl methyl sites for hydroxylation is 1. The molecule has 3 unspecified atom stereocenters. The number of carbonyl (C=O) groups is 1. The average Bonchev–Trinajstić information content (AvgIpc) is 3.04. The molecule has 120 valence electrons. The molecule has 3 heteroatoms. The number of hydrogen-bond acceptors (Lipinski definition) is 2. The molecule has 0 radical (unpaired) electrons. The van der Waals surface area contributed by atoms with Gasteiger partial charge in [-0.2, -0.15) is 0 Å². The number of rotatable bonds is 4. The number of nitrogens with two attached hydrogens (primary N) is 1. The molecule has 2 aromatic carbocycles. The van der Waals surface area contributed by atoms with Crippen molar-refractivity contribution in [2.45, 2.75) is 44.2 Å². The Balaban J connectivity index is 1.68. The number of hydrogen-bond donors (Lipinski definition) is 2. The maximum atomic E-state index is 12.5. The van der Waals surface area contributed by atoms with Crippen LogP contribution in [-0.4, -0.2) is 11.9 Å². The van der Waals surface area contributed by atoms with E-state index in [1.165, 1.54) is 11.1 Å². The number of carbonyl (C=O) groups excluding carboxylic acids is 1. The molecule has 1 amide bonds. The number of nitrogens with one attached hydrogen (secondary N) is 1. The van der Waals surface area contributed by atoms with Crippen LogP contribution >= 0.6 is 0 Å². The van der Waals surface area contributed by atoms with Crippen LogP contribution in [0.3, 0.4) is 0 Å². The van der Waals surface area contributed by atoms with E-state index in [9.17, 15) is 4.79 Å². The summed E-state index contributed by atoms with van der Waals surface area (Å²) in [4.78, 5) is 12.5. The maximum Gasteiger partial charge on any atom is 0.241 e. The van der Waals surface area contributed by atoms with Gasteiger partial charge >= 0.3 is 0 Å². The molecule has 1 fully saturated rings. The van der Waals surface area contributed by atoms with Gasteiger partial charge in [0.25, 0.3) is 0 Å². The third-order valence-electron chi connectivity index (χ3n) is 4.79. The van der Waals surface area contributed by atoms with Crippen molar-refractivity contribution in [1.29, 1.82) is 0 Å². The van der Waals surface area contributed by atoms with Gasteiger partial charge in [-0.1, -0.05) is 66.6 Å². The summed E-state index contributed by atoms with van der Waals surface area (Å²) < 4.78 is 0. The minimum Gasteiger partial charge on any atom is -0.351 e. The standard InChI is InChI=1S/C20H24N2O/c1-14-10-12-16(13-11-14)19(21)20(23)22-18-9-5-8-17(18)15-6-3-2-4-7-15/h2-4,6-7,10-13,17-19H,5,8-9,21H2,1H3,(H,22,23). The van der Waals surface area contributed by atoms with Gasteiger partial charge < -0.3 is 11.1 Å². The van der Waals surface area contributed by atoms with E-state index in [4.69, 9.17) is 5.73 Å². The summed E-state index contributed by atoms with van der Waals surface area (Å²) in [7, 11) is 0. The lowest BCUT2D eigenvalue weighted by atomic mass is 9.93. The summed E-state index contributed by atoms with van der Waals surface area (Å²) in [5, 5.41) is 3.18. The van der Waals surface area contributed by atoms with Crippen molar-refractivity contribution in [1.82, 2.24) is 5.32 Å². The molecule has 3 N–H and O–H groups in total. The van der Waals surface area contributed by atoms with Crippen LogP contribution < -0.4 is 11.1 Å². The molecule has 23 heavy (non-hydrogen) atoms. The molecule has 1 saturated carbocycles. The molecular weight excluding hydrogens is 284 g/mol. The van der Waals surface area contributed by atoms with E-state index in [1.807, 2.05) is 37.3 Å². The predicted octanol–water partition coefficient (Wildman–Crippen LogP) is 3.45. The van der Waals surface area contributed by atoms with Crippen molar-refractivity contribution in [2.75, 3.05) is 0 Å². The van der Waals surface area contributed by atoms with E-state index in [0.717, 1.165) is 24.8 Å². The lowest BCUT2D eigenvalue weighted by Gasteiger charge is -2.23. The van der Waals surface area contributed by atoms with Crippen LogP contribution in [-0.2, 0) is 4.79 Å². The SMILES string of the molecule is Cc1ccc(C(N)C(=O)NC2CCCC2c2ccccc2)cc1. The van der Waals surface area contributed by atoms with Gasteiger partial charge in [0, 0.05) is 12.0 Å². The highest BCUT2D eigenvalue weighted by Crippen LogP contribution is 2.34. The largest absolute Gasteiger partial charge is 0.351 e. The molecule has 3 nitrogen and oxygen atoms in total. The Morgan fingerprint density at radius 3 is 2.48 bits per heavy atom. The first kappa shape index (κ1) is 15.8. The monoisotopic (exact) mass is 308 g/mol. The molecule has 0 saturated heterocycles. The minimum atomic E-state index is -0.604. The van der Waals surface area contributed by atoms with Crippen LogP contribution in [0.2, 0.25) is 0 Å². The highest BCUT2D eigenvalue weighted by molar-refractivity contribution is 5.83. The number of amides is 1. The fourth-order valence-electron chi connectivity index (χ4n) is 3.43. The Morgan fingerprint density at radius 1 is 1.09 bits per heavy atom. The van der Waals surface area contributed by atoms with Crippen molar-refractivity contribution in [2.24, 2.45) is 5.73 Å². The summed E-state index contributed by atoms with van der Waals surface area (Å²) in [5.74, 6) is 0.312. The zero-order valence-corrected chi connectivity index (χ0v) is 13.5. The van der Waals surface area contributed by atoms with Crippen molar-refractivity contribution in [3.63, 3.8) is 0 Å². The van der Waals surface area contributed by atoms with Crippen molar-refractivity contribution < 1.29 is 4.79 Å². The van der Waals surface area contributed by atoms with Gasteiger partial charge in [-0.3, -0.25) is 4.79 Å². The maximum absolute atomic E-state index is 12.5. The second-order valence-corrected chi connectivity index (χ2v) is 6.45. The minimum absolute atomic E-state index is 0.0818. The molecular formula is C20H24N2O. The van der Waals surface area contributed by atoms with Gasteiger partial charge in [0.2, 0.25) is 5.91 Å². The summed E-state index contributed by atoms with van der Waals surface area (Å²) in [6, 6.07) is 17.9. The topological polar surface area (TPSA) is 55.1 Å². The third kappa shape index (κ3) is 3.62. The lowest BCUT2D eigenvalue weighted by Crippen LogP contribution is -2.41. The van der Waals surface area contributed by atoms with E-state index in [-0.39, 0.29) is 11.9 Å². The van der Waals surface area contributed by atoms with Crippen LogP contribution in [0, 0.1) is 6.92 Å². The molecule has 3 rings (SSSR count). The average molecular weight is 308 g/mol. The van der Waals surface area contributed by atoms with Crippen LogP contribution in [0.4, 0.5) is 0 Å². The zero-order chi connectivity index (χ0) is 16.2. The Bertz CT molecular complexity index is 651. The first-order valence-corrected chi connectivity index (χ1v) is 8.32. The summed E-state index contributed by atoms with van der Waals surface area (Å²) in [6.45, 7) is 2.03. The smallest absolute Gasteiger partial charge is 0.241 e. The first-order valence-electron chi connectivity index (χ1n) is 8.32. The second kappa shape index (κ2) is 6.97. The molecule has 2 aromatic rings. The first-order chi connectivity index (χ1) is 11.1. The molecule has 1 aliphatic rings. The van der Waals surface area contributed by atoms with Gasteiger partial charge in [0.05, 0.1) is 0 Å². The van der Waals surface area contributed by atoms with Crippen LogP contribution in [0.5, 0.6) is 0 Å². The second-order valence-electron chi connectivity index (χ2n) is 6.45. The molecule has 0 bridgehead atoms. The van der Waals surface area contributed by atoms with Gasteiger partial charge in [0.15, 0.2) is 0 Å². The van der Waals surface area contributed by atoms with Crippen LogP contribution in [0.15, 0.2) is 54.6 Å². The Labute approximate surface area is 137 Å². The highest BCUT2D eigenvalue weighted by Gasteiger charge is 2.31. The third-order valence-corrected chi connectivity index (χ3v) is 4.79. The molecule has 0 heterocycles. The summed E-state index contributed by atoms with van der Waals surface area (Å²) in [6.07, 6.45) is 3.28. The van der Waals surface area contributed by atoms with Crippen LogP contribution in [0.25, 0.3) is 0 Å². The summed E-state index contributed by atoms with van der Waals surface area (Å²) >= 11 is 0. The molecule has 3 atom stereocenters. The van der Waals surface area contributed by atoms with Crippen molar-refractivity contribution >= 4 is 5.91 Å². The Hall–Kier alpha value is -2.13. The van der Waals surface area contributed by atoms with Crippen molar-refractivity contribution in [3.05, 3.63) is 71.3 Å². The van der Waals surface area contributed by atoms with Gasteiger partial charge in [-0.05, 0) is 30.9 Å². The van der Waals surface area contributed by atoms with Gasteiger partial charge in [-0.15, -0.1) is 0 Å².